The van der Waals surface area contributed by atoms with Crippen LogP contribution >= 0.6 is 0 Å². The fraction of sp³-hybridized carbons (Fsp3) is 0.400. The first-order chi connectivity index (χ1) is 11.4. The predicted molar refractivity (Wildman–Crippen MR) is 92.9 cm³/mol. The molecule has 3 heteroatoms. The minimum atomic E-state index is 0.593. The summed E-state index contributed by atoms with van der Waals surface area (Å²) in [5.74, 6) is 2.55. The Kier molecular flexibility index (Phi) is 5.93. The number of piperidine rings is 1. The fourth-order valence-electron chi connectivity index (χ4n) is 2.89. The monoisotopic (exact) mass is 311 g/mol. The van der Waals surface area contributed by atoms with Gasteiger partial charge in [0.05, 0.1) is 6.61 Å². The number of benzene rings is 2. The van der Waals surface area contributed by atoms with Crippen molar-refractivity contribution in [2.75, 3.05) is 19.7 Å². The normalized spacial score (nSPS) is 17.7. The van der Waals surface area contributed by atoms with Crippen LogP contribution in [0.4, 0.5) is 0 Å². The van der Waals surface area contributed by atoms with Gasteiger partial charge in [0.25, 0.3) is 0 Å². The zero-order valence-corrected chi connectivity index (χ0v) is 13.5. The maximum absolute atomic E-state index is 5.84. The molecule has 0 saturated carbocycles. The second-order valence-electron chi connectivity index (χ2n) is 6.10. The Morgan fingerprint density at radius 3 is 2.35 bits per heavy atom. The zero-order valence-electron chi connectivity index (χ0n) is 13.5. The van der Waals surface area contributed by atoms with Crippen molar-refractivity contribution in [1.29, 1.82) is 0 Å². The van der Waals surface area contributed by atoms with Crippen molar-refractivity contribution < 1.29 is 9.47 Å². The van der Waals surface area contributed by atoms with Gasteiger partial charge in [-0.2, -0.15) is 0 Å². The summed E-state index contributed by atoms with van der Waals surface area (Å²) in [5.41, 5.74) is 1.17. The van der Waals surface area contributed by atoms with Crippen molar-refractivity contribution in [3.8, 4) is 11.5 Å². The Morgan fingerprint density at radius 2 is 1.65 bits per heavy atom. The van der Waals surface area contributed by atoms with Crippen LogP contribution in [0, 0.1) is 5.92 Å². The van der Waals surface area contributed by atoms with Gasteiger partial charge in [0, 0.05) is 0 Å². The third kappa shape index (κ3) is 5.29. The maximum atomic E-state index is 5.84. The number of ether oxygens (including phenoxy) is 2. The molecular weight excluding hydrogens is 286 g/mol. The molecule has 23 heavy (non-hydrogen) atoms. The van der Waals surface area contributed by atoms with Gasteiger partial charge in [0.15, 0.2) is 0 Å². The van der Waals surface area contributed by atoms with E-state index in [2.05, 4.69) is 17.4 Å². The van der Waals surface area contributed by atoms with E-state index >= 15 is 0 Å². The quantitative estimate of drug-likeness (QED) is 0.837. The molecular formula is C20H25NO2. The molecule has 1 saturated heterocycles. The molecule has 0 unspecified atom stereocenters. The molecule has 1 heterocycles. The highest BCUT2D eigenvalue weighted by atomic mass is 16.5. The smallest absolute Gasteiger partial charge is 0.120 e. The lowest BCUT2D eigenvalue weighted by atomic mass is 9.97. The molecule has 1 atom stereocenters. The molecule has 0 radical (unpaired) electrons. The van der Waals surface area contributed by atoms with Crippen LogP contribution in [0.3, 0.4) is 0 Å². The standard InChI is InChI=1S/C20H25NO2/c1-2-5-18(6-3-1)16-23-20-10-8-19(9-11-20)22-14-12-17-7-4-13-21-15-17/h1-3,5-6,8-11,17,21H,4,7,12-16H2/t17-/m0/s1. The molecule has 1 fully saturated rings. The van der Waals surface area contributed by atoms with Gasteiger partial charge >= 0.3 is 0 Å². The van der Waals surface area contributed by atoms with Crippen molar-refractivity contribution in [3.63, 3.8) is 0 Å². The van der Waals surface area contributed by atoms with Crippen molar-refractivity contribution >= 4 is 0 Å². The molecule has 0 aromatic heterocycles. The number of nitrogens with one attached hydrogen (secondary N) is 1. The van der Waals surface area contributed by atoms with Gasteiger partial charge in [-0.05, 0) is 68.1 Å². The Bertz CT molecular complexity index is 562. The first-order valence-corrected chi connectivity index (χ1v) is 8.50. The van der Waals surface area contributed by atoms with Gasteiger partial charge in [-0.25, -0.2) is 0 Å². The summed E-state index contributed by atoms with van der Waals surface area (Å²) in [6, 6.07) is 18.1. The maximum Gasteiger partial charge on any atom is 0.120 e. The molecule has 2 aromatic carbocycles. The molecule has 1 N–H and O–H groups in total. The third-order valence-electron chi connectivity index (χ3n) is 4.27. The summed E-state index contributed by atoms with van der Waals surface area (Å²) in [6.07, 6.45) is 3.74. The van der Waals surface area contributed by atoms with Crippen LogP contribution in [-0.4, -0.2) is 19.7 Å². The summed E-state index contributed by atoms with van der Waals surface area (Å²) >= 11 is 0. The summed E-state index contributed by atoms with van der Waals surface area (Å²) in [7, 11) is 0. The van der Waals surface area contributed by atoms with Gasteiger partial charge in [0.1, 0.15) is 18.1 Å². The number of rotatable bonds is 7. The van der Waals surface area contributed by atoms with Gasteiger partial charge in [-0.3, -0.25) is 0 Å². The summed E-state index contributed by atoms with van der Waals surface area (Å²) in [6.45, 7) is 3.68. The summed E-state index contributed by atoms with van der Waals surface area (Å²) in [4.78, 5) is 0. The Morgan fingerprint density at radius 1 is 0.913 bits per heavy atom. The predicted octanol–water partition coefficient (Wildman–Crippen LogP) is 4.03. The highest BCUT2D eigenvalue weighted by Crippen LogP contribution is 2.20. The fourth-order valence-corrected chi connectivity index (χ4v) is 2.89. The second-order valence-corrected chi connectivity index (χ2v) is 6.10. The Hall–Kier alpha value is -2.00. The average Bonchev–Trinajstić information content (AvgIpc) is 2.63. The lowest BCUT2D eigenvalue weighted by Crippen LogP contribution is -2.30. The molecule has 1 aliphatic heterocycles. The average molecular weight is 311 g/mol. The van der Waals surface area contributed by atoms with E-state index in [1.54, 1.807) is 0 Å². The number of hydrogen-bond donors (Lipinski definition) is 1. The Labute approximate surface area is 138 Å². The zero-order chi connectivity index (χ0) is 15.7. The van der Waals surface area contributed by atoms with Gasteiger partial charge in [-0.15, -0.1) is 0 Å². The van der Waals surface area contributed by atoms with Crippen LogP contribution in [0.1, 0.15) is 24.8 Å². The highest BCUT2D eigenvalue weighted by Gasteiger charge is 2.12. The van der Waals surface area contributed by atoms with Crippen LogP contribution in [0.15, 0.2) is 54.6 Å². The summed E-state index contributed by atoms with van der Waals surface area (Å²) < 4.78 is 11.6. The van der Waals surface area contributed by atoms with Crippen LogP contribution in [-0.2, 0) is 6.61 Å². The molecule has 3 nitrogen and oxygen atoms in total. The van der Waals surface area contributed by atoms with E-state index < -0.39 is 0 Å². The van der Waals surface area contributed by atoms with Crippen LogP contribution in [0.25, 0.3) is 0 Å². The van der Waals surface area contributed by atoms with E-state index in [0.717, 1.165) is 37.0 Å². The topological polar surface area (TPSA) is 30.5 Å². The van der Waals surface area contributed by atoms with E-state index in [0.29, 0.717) is 6.61 Å². The Balaban J connectivity index is 1.40. The van der Waals surface area contributed by atoms with E-state index in [-0.39, 0.29) is 0 Å². The van der Waals surface area contributed by atoms with Crippen molar-refractivity contribution in [2.45, 2.75) is 25.9 Å². The van der Waals surface area contributed by atoms with E-state index in [9.17, 15) is 0 Å². The molecule has 0 amide bonds. The van der Waals surface area contributed by atoms with Gasteiger partial charge in [0.2, 0.25) is 0 Å². The van der Waals surface area contributed by atoms with E-state index in [4.69, 9.17) is 9.47 Å². The molecule has 122 valence electrons. The lowest BCUT2D eigenvalue weighted by Gasteiger charge is -2.22. The molecule has 0 bridgehead atoms. The minimum absolute atomic E-state index is 0.593. The van der Waals surface area contributed by atoms with E-state index in [1.165, 1.54) is 24.9 Å². The molecule has 0 spiro atoms. The van der Waals surface area contributed by atoms with Gasteiger partial charge < -0.3 is 14.8 Å². The van der Waals surface area contributed by atoms with E-state index in [1.807, 2.05) is 42.5 Å². The molecule has 2 aromatic rings. The third-order valence-corrected chi connectivity index (χ3v) is 4.27. The van der Waals surface area contributed by atoms with Crippen molar-refractivity contribution in [2.24, 2.45) is 5.92 Å². The largest absolute Gasteiger partial charge is 0.494 e. The van der Waals surface area contributed by atoms with Crippen LogP contribution in [0.2, 0.25) is 0 Å². The second kappa shape index (κ2) is 8.59. The lowest BCUT2D eigenvalue weighted by molar-refractivity contribution is 0.253. The molecule has 3 rings (SSSR count). The molecule has 0 aliphatic carbocycles. The van der Waals surface area contributed by atoms with Crippen molar-refractivity contribution in [3.05, 3.63) is 60.2 Å². The minimum Gasteiger partial charge on any atom is -0.494 e. The SMILES string of the molecule is c1ccc(COc2ccc(OCC[C@@H]3CCCNC3)cc2)cc1. The molecule has 1 aliphatic rings. The first kappa shape index (κ1) is 15.9. The van der Waals surface area contributed by atoms with Crippen LogP contribution < -0.4 is 14.8 Å². The number of hydrogen-bond acceptors (Lipinski definition) is 3. The van der Waals surface area contributed by atoms with Gasteiger partial charge in [-0.1, -0.05) is 30.3 Å². The van der Waals surface area contributed by atoms with Crippen LogP contribution in [0.5, 0.6) is 11.5 Å². The summed E-state index contributed by atoms with van der Waals surface area (Å²) in [5, 5.41) is 3.45. The first-order valence-electron chi connectivity index (χ1n) is 8.50. The van der Waals surface area contributed by atoms with Crippen molar-refractivity contribution in [1.82, 2.24) is 5.32 Å². The highest BCUT2D eigenvalue weighted by molar-refractivity contribution is 5.31.